The smallest absolute Gasteiger partial charge is 0.200 e. The lowest BCUT2D eigenvalue weighted by Gasteiger charge is -2.55. The van der Waals surface area contributed by atoms with Crippen molar-refractivity contribution in [2.24, 2.45) is 11.8 Å². The van der Waals surface area contributed by atoms with Gasteiger partial charge in [0.25, 0.3) is 0 Å². The molecule has 1 aliphatic heterocycles. The number of aryl methyl sites for hydroxylation is 2. The van der Waals surface area contributed by atoms with Crippen LogP contribution < -0.4 is 4.90 Å². The summed E-state index contributed by atoms with van der Waals surface area (Å²) in [5, 5.41) is 0. The molecule has 7 rings (SSSR count). The third-order valence-electron chi connectivity index (χ3n) is 11.1. The lowest BCUT2D eigenvalue weighted by atomic mass is 9.51. The number of rotatable bonds is 4. The lowest BCUT2D eigenvalue weighted by Crippen LogP contribution is -2.49. The average Bonchev–Trinajstić information content (AvgIpc) is 3.11. The Kier molecular flexibility index (Phi) is 8.51. The van der Waals surface area contributed by atoms with Crippen LogP contribution >= 0.6 is 0 Å². The molecule has 4 aromatic rings. The molecule has 4 aromatic carbocycles. The Balaban J connectivity index is 1.55. The number of halogens is 9. The molecule has 10 heteroatoms. The van der Waals surface area contributed by atoms with Crippen molar-refractivity contribution >= 4 is 17.1 Å². The van der Waals surface area contributed by atoms with E-state index in [0.717, 1.165) is 91.4 Å². The minimum Gasteiger partial charge on any atom is -0.304 e. The Hall–Kier alpha value is -3.95. The average molecular weight is 688 g/mol. The minimum atomic E-state index is -2.59. The molecule has 0 unspecified atom stereocenters. The molecule has 0 N–H and O–H groups in total. The van der Waals surface area contributed by atoms with Gasteiger partial charge in [-0.3, -0.25) is 0 Å². The monoisotopic (exact) mass is 687 g/mol. The van der Waals surface area contributed by atoms with Gasteiger partial charge in [-0.05, 0) is 74.6 Å². The van der Waals surface area contributed by atoms with Crippen LogP contribution in [0.2, 0.25) is 0 Å². The summed E-state index contributed by atoms with van der Waals surface area (Å²) < 4.78 is 136. The van der Waals surface area contributed by atoms with Gasteiger partial charge in [0.1, 0.15) is 5.69 Å². The quantitative estimate of drug-likeness (QED) is 0.117. The molecule has 0 saturated heterocycles. The van der Waals surface area contributed by atoms with E-state index in [0.29, 0.717) is 11.4 Å². The molecule has 3 aliphatic rings. The maximum absolute atomic E-state index is 16.4. The van der Waals surface area contributed by atoms with E-state index in [1.54, 1.807) is 24.3 Å². The number of hydrogen-bond acceptors (Lipinski definition) is 1. The highest BCUT2D eigenvalue weighted by Gasteiger charge is 2.54. The summed E-state index contributed by atoms with van der Waals surface area (Å²) in [6, 6.07) is 10.8. The van der Waals surface area contributed by atoms with Gasteiger partial charge in [0.2, 0.25) is 5.82 Å². The van der Waals surface area contributed by atoms with Gasteiger partial charge in [-0.1, -0.05) is 73.9 Å². The molecule has 0 aromatic heterocycles. The van der Waals surface area contributed by atoms with Crippen molar-refractivity contribution in [3.8, 4) is 11.1 Å². The second-order valence-electron chi connectivity index (χ2n) is 13.8. The molecule has 0 spiro atoms. The molecular weight excluding hydrogens is 653 g/mol. The van der Waals surface area contributed by atoms with Crippen molar-refractivity contribution in [3.63, 3.8) is 0 Å². The van der Waals surface area contributed by atoms with Crippen molar-refractivity contribution in [2.75, 3.05) is 4.90 Å². The Morgan fingerprint density at radius 1 is 0.469 bits per heavy atom. The fourth-order valence-corrected chi connectivity index (χ4v) is 9.06. The molecule has 0 bridgehead atoms. The summed E-state index contributed by atoms with van der Waals surface area (Å²) in [7, 11) is 0. The third-order valence-corrected chi connectivity index (χ3v) is 11.1. The van der Waals surface area contributed by atoms with Gasteiger partial charge >= 0.3 is 0 Å². The van der Waals surface area contributed by atoms with Crippen molar-refractivity contribution < 1.29 is 39.5 Å². The van der Waals surface area contributed by atoms with Crippen LogP contribution in [0.1, 0.15) is 86.5 Å². The third kappa shape index (κ3) is 4.90. The molecule has 258 valence electrons. The van der Waals surface area contributed by atoms with E-state index in [4.69, 9.17) is 0 Å². The van der Waals surface area contributed by atoms with Crippen LogP contribution in [-0.2, 0) is 5.41 Å². The second-order valence-corrected chi connectivity index (χ2v) is 13.8. The molecule has 0 radical (unpaired) electrons. The minimum absolute atomic E-state index is 0.173. The van der Waals surface area contributed by atoms with Gasteiger partial charge in [0, 0.05) is 5.41 Å². The molecular formula is C39H34F9N. The summed E-state index contributed by atoms with van der Waals surface area (Å²) in [5.41, 5.74) is -1.97. The Morgan fingerprint density at radius 3 is 1.20 bits per heavy atom. The summed E-state index contributed by atoms with van der Waals surface area (Å²) in [6.07, 6.45) is 9.98. The summed E-state index contributed by atoms with van der Waals surface area (Å²) in [4.78, 5) is 1.10. The van der Waals surface area contributed by atoms with E-state index in [1.807, 2.05) is 26.0 Å². The molecule has 49 heavy (non-hydrogen) atoms. The highest BCUT2D eigenvalue weighted by Crippen LogP contribution is 2.63. The van der Waals surface area contributed by atoms with Crippen molar-refractivity contribution in [1.82, 2.24) is 0 Å². The van der Waals surface area contributed by atoms with Crippen LogP contribution in [0.4, 0.5) is 56.6 Å². The maximum atomic E-state index is 16.4. The maximum Gasteiger partial charge on any atom is 0.200 e. The first kappa shape index (κ1) is 33.5. The van der Waals surface area contributed by atoms with Gasteiger partial charge in [0.05, 0.1) is 22.5 Å². The number of benzene rings is 4. The zero-order valence-electron chi connectivity index (χ0n) is 27.0. The van der Waals surface area contributed by atoms with Crippen molar-refractivity contribution in [3.05, 3.63) is 111 Å². The number of nitrogens with zero attached hydrogens (tertiary/aromatic N) is 1. The van der Waals surface area contributed by atoms with E-state index >= 15 is 17.6 Å². The van der Waals surface area contributed by atoms with Crippen LogP contribution in [0.5, 0.6) is 0 Å². The largest absolute Gasteiger partial charge is 0.304 e. The molecule has 1 nitrogen and oxygen atoms in total. The van der Waals surface area contributed by atoms with E-state index in [-0.39, 0.29) is 11.8 Å². The van der Waals surface area contributed by atoms with Gasteiger partial charge in [-0.25, -0.2) is 39.5 Å². The standard InChI is InChI=1S/C39H34F9N/c1-19-13-15-25-23(17-19)39(21-9-5-3-6-10-21,22-11-7-4-8-12-22)24-18-20(2)14-16-26(24)49(25)38-36(47)31(42)28(32(43)37(38)48)27-29(40)33(44)35(46)34(45)30(27)41/h13-18,21-22H,3-12H2,1-2H3. The van der Waals surface area contributed by atoms with Crippen LogP contribution in [0.15, 0.2) is 36.4 Å². The SMILES string of the molecule is Cc1ccc2c(c1)C(C1CCCCC1)(C1CCCCC1)c1cc(C)ccc1N2c1c(F)c(F)c(-c2c(F)c(F)c(F)c(F)c2F)c(F)c1F. The first-order chi connectivity index (χ1) is 23.4. The number of fused-ring (bicyclic) bond motifs is 2. The van der Waals surface area contributed by atoms with Crippen LogP contribution in [0.3, 0.4) is 0 Å². The van der Waals surface area contributed by atoms with Crippen LogP contribution in [0, 0.1) is 78.0 Å². The number of anilines is 3. The van der Waals surface area contributed by atoms with Crippen LogP contribution in [0.25, 0.3) is 11.1 Å². The molecule has 2 aliphatic carbocycles. The first-order valence-corrected chi connectivity index (χ1v) is 16.8. The molecule has 0 amide bonds. The fraction of sp³-hybridized carbons (Fsp3) is 0.385. The highest BCUT2D eigenvalue weighted by atomic mass is 19.2. The van der Waals surface area contributed by atoms with Crippen molar-refractivity contribution in [2.45, 2.75) is 83.5 Å². The predicted octanol–water partition coefficient (Wildman–Crippen LogP) is 12.5. The zero-order valence-corrected chi connectivity index (χ0v) is 27.0. The first-order valence-electron chi connectivity index (χ1n) is 16.8. The van der Waals surface area contributed by atoms with Gasteiger partial charge in [-0.2, -0.15) is 0 Å². The topological polar surface area (TPSA) is 3.24 Å². The summed E-state index contributed by atoms with van der Waals surface area (Å²) >= 11 is 0. The van der Waals surface area contributed by atoms with Crippen molar-refractivity contribution in [1.29, 1.82) is 0 Å². The van der Waals surface area contributed by atoms with E-state index in [2.05, 4.69) is 0 Å². The molecule has 2 saturated carbocycles. The predicted molar refractivity (Wildman–Crippen MR) is 170 cm³/mol. The van der Waals surface area contributed by atoms with Crippen LogP contribution in [-0.4, -0.2) is 0 Å². The van der Waals surface area contributed by atoms with Gasteiger partial charge in [0.15, 0.2) is 46.5 Å². The second kappa shape index (κ2) is 12.4. The summed E-state index contributed by atoms with van der Waals surface area (Å²) in [5.74, 6) is -21.2. The Bertz CT molecular complexity index is 1840. The Labute approximate surface area is 278 Å². The summed E-state index contributed by atoms with van der Waals surface area (Å²) in [6.45, 7) is 3.81. The number of hydrogen-bond donors (Lipinski definition) is 0. The Morgan fingerprint density at radius 2 is 0.816 bits per heavy atom. The van der Waals surface area contributed by atoms with Gasteiger partial charge in [-0.15, -0.1) is 0 Å². The van der Waals surface area contributed by atoms with E-state index in [9.17, 15) is 22.0 Å². The lowest BCUT2D eigenvalue weighted by molar-refractivity contribution is 0.133. The highest BCUT2D eigenvalue weighted by molar-refractivity contribution is 5.88. The van der Waals surface area contributed by atoms with E-state index in [1.165, 1.54) is 0 Å². The molecule has 2 fully saturated rings. The zero-order chi connectivity index (χ0) is 34.9. The normalized spacial score (nSPS) is 18.1. The molecule has 1 heterocycles. The van der Waals surface area contributed by atoms with Gasteiger partial charge < -0.3 is 4.90 Å². The van der Waals surface area contributed by atoms with E-state index < -0.39 is 74.6 Å². The fourth-order valence-electron chi connectivity index (χ4n) is 9.06. The molecule has 0 atom stereocenters.